The van der Waals surface area contributed by atoms with Crippen LogP contribution in [0.3, 0.4) is 0 Å². The lowest BCUT2D eigenvalue weighted by molar-refractivity contribution is -0.164. The first-order valence-electron chi connectivity index (χ1n) is 18.8. The summed E-state index contributed by atoms with van der Waals surface area (Å²) in [4.78, 5) is 42.4. The highest BCUT2D eigenvalue weighted by atomic mass is 19.1. The number of nitrogens with zero attached hydrogens (tertiary/aromatic N) is 8. The Hall–Kier alpha value is -5.65. The average molecular weight is 761 g/mol. The molecule has 0 unspecified atom stereocenters. The highest BCUT2D eigenvalue weighted by molar-refractivity contribution is 6.02. The van der Waals surface area contributed by atoms with Gasteiger partial charge >= 0.3 is 6.01 Å². The minimum Gasteiger partial charge on any atom is -0.461 e. The summed E-state index contributed by atoms with van der Waals surface area (Å²) in [5.74, 6) is 1.89. The number of rotatable bonds is 7. The van der Waals surface area contributed by atoms with Gasteiger partial charge in [-0.3, -0.25) is 14.7 Å². The van der Waals surface area contributed by atoms with Crippen molar-refractivity contribution in [3.05, 3.63) is 83.1 Å². The number of halogens is 3. The van der Waals surface area contributed by atoms with Crippen molar-refractivity contribution in [3.8, 4) is 29.6 Å². The molecule has 0 N–H and O–H groups in total. The molecule has 1 amide bonds. The maximum absolute atomic E-state index is 17.1. The van der Waals surface area contributed by atoms with Gasteiger partial charge in [-0.1, -0.05) is 30.2 Å². The fourth-order valence-electron chi connectivity index (χ4n) is 9.02. The molecule has 1 spiro atoms. The van der Waals surface area contributed by atoms with Crippen LogP contribution in [0, 0.1) is 37.8 Å². The van der Waals surface area contributed by atoms with Crippen LogP contribution in [-0.2, 0) is 9.53 Å². The number of fused-ring (bicyclic) bond motifs is 3. The van der Waals surface area contributed by atoms with Gasteiger partial charge in [-0.25, -0.2) is 23.1 Å². The molecule has 0 bridgehead atoms. The Bertz CT molecular complexity index is 2470. The van der Waals surface area contributed by atoms with Crippen LogP contribution in [0.5, 0.6) is 6.01 Å². The average Bonchev–Trinajstić information content (AvgIpc) is 3.70. The van der Waals surface area contributed by atoms with Gasteiger partial charge in [0.25, 0.3) is 0 Å². The third-order valence-electron chi connectivity index (χ3n) is 11.6. The molecule has 0 saturated carbocycles. The van der Waals surface area contributed by atoms with Crippen molar-refractivity contribution >= 4 is 39.5 Å². The van der Waals surface area contributed by atoms with Crippen molar-refractivity contribution in [1.29, 1.82) is 0 Å². The minimum absolute atomic E-state index is 0.00689. The van der Waals surface area contributed by atoms with Crippen molar-refractivity contribution in [2.45, 2.75) is 50.4 Å². The molecule has 0 aliphatic carbocycles. The van der Waals surface area contributed by atoms with Crippen LogP contribution in [0.1, 0.15) is 42.0 Å². The number of amides is 1. The number of benzene rings is 2. The monoisotopic (exact) mass is 760 g/mol. The molecule has 56 heavy (non-hydrogen) atoms. The van der Waals surface area contributed by atoms with E-state index in [0.29, 0.717) is 84.9 Å². The van der Waals surface area contributed by atoms with Gasteiger partial charge in [0.1, 0.15) is 47.0 Å². The second kappa shape index (κ2) is 13.8. The number of carbonyl (C=O) groups is 1. The van der Waals surface area contributed by atoms with Crippen LogP contribution in [0.2, 0.25) is 0 Å². The molecule has 2 aromatic carbocycles. The lowest BCUT2D eigenvalue weighted by atomic mass is 9.91. The van der Waals surface area contributed by atoms with E-state index in [1.165, 1.54) is 18.3 Å². The van der Waals surface area contributed by atoms with Crippen LogP contribution in [-0.4, -0.2) is 110 Å². The Labute approximate surface area is 321 Å². The smallest absolute Gasteiger partial charge is 0.319 e. The zero-order valence-electron chi connectivity index (χ0n) is 31.1. The zero-order chi connectivity index (χ0) is 38.8. The fraction of sp³-hybridized carbons (Fsp3) is 0.381. The molecule has 4 aliphatic heterocycles. The van der Waals surface area contributed by atoms with Crippen LogP contribution >= 0.6 is 0 Å². The number of piperazine rings is 1. The van der Waals surface area contributed by atoms with Crippen LogP contribution in [0.25, 0.3) is 39.0 Å². The second-order valence-corrected chi connectivity index (χ2v) is 15.3. The van der Waals surface area contributed by atoms with E-state index in [1.54, 1.807) is 37.3 Å². The largest absolute Gasteiger partial charge is 0.461 e. The normalized spacial score (nSPS) is 21.9. The van der Waals surface area contributed by atoms with Gasteiger partial charge in [0.15, 0.2) is 5.82 Å². The van der Waals surface area contributed by atoms with Crippen molar-refractivity contribution in [2.24, 2.45) is 0 Å². The Morgan fingerprint density at radius 2 is 1.96 bits per heavy atom. The number of anilines is 1. The van der Waals surface area contributed by atoms with E-state index in [9.17, 15) is 13.6 Å². The van der Waals surface area contributed by atoms with Gasteiger partial charge in [-0.2, -0.15) is 9.97 Å². The maximum atomic E-state index is 17.1. The number of pyridine rings is 1. The van der Waals surface area contributed by atoms with Gasteiger partial charge < -0.3 is 19.3 Å². The second-order valence-electron chi connectivity index (χ2n) is 15.3. The van der Waals surface area contributed by atoms with Crippen molar-refractivity contribution in [3.63, 3.8) is 0 Å². The van der Waals surface area contributed by atoms with E-state index in [0.717, 1.165) is 25.1 Å². The van der Waals surface area contributed by atoms with Crippen LogP contribution in [0.15, 0.2) is 48.7 Å². The van der Waals surface area contributed by atoms with Gasteiger partial charge in [0.05, 0.1) is 35.4 Å². The third kappa shape index (κ3) is 6.10. The zero-order valence-corrected chi connectivity index (χ0v) is 31.1. The Balaban J connectivity index is 1.10. The third-order valence-corrected chi connectivity index (χ3v) is 11.6. The molecule has 4 fully saturated rings. The molecule has 11 nitrogen and oxygen atoms in total. The number of hydrogen-bond acceptors (Lipinski definition) is 10. The number of hydrogen-bond donors (Lipinski definition) is 0. The minimum atomic E-state index is -0.958. The predicted octanol–water partition coefficient (Wildman–Crippen LogP) is 5.60. The van der Waals surface area contributed by atoms with Crippen molar-refractivity contribution < 1.29 is 27.4 Å². The van der Waals surface area contributed by atoms with Gasteiger partial charge in [-0.05, 0) is 56.8 Å². The van der Waals surface area contributed by atoms with Crippen LogP contribution < -0.4 is 9.64 Å². The van der Waals surface area contributed by atoms with Crippen molar-refractivity contribution in [1.82, 2.24) is 34.7 Å². The first-order valence-corrected chi connectivity index (χ1v) is 18.8. The Kier molecular flexibility index (Phi) is 8.89. The Morgan fingerprint density at radius 3 is 2.75 bits per heavy atom. The maximum Gasteiger partial charge on any atom is 0.319 e. The van der Waals surface area contributed by atoms with E-state index in [4.69, 9.17) is 20.9 Å². The summed E-state index contributed by atoms with van der Waals surface area (Å²) in [6, 6.07) is 9.80. The number of aromatic nitrogens is 5. The van der Waals surface area contributed by atoms with E-state index in [1.807, 2.05) is 22.8 Å². The topological polar surface area (TPSA) is 110 Å². The summed E-state index contributed by atoms with van der Waals surface area (Å²) >= 11 is 0. The summed E-state index contributed by atoms with van der Waals surface area (Å²) < 4.78 is 58.8. The lowest BCUT2D eigenvalue weighted by Gasteiger charge is -2.55. The molecule has 7 heterocycles. The molecular weight excluding hydrogens is 722 g/mol. The molecule has 3 aromatic heterocycles. The summed E-state index contributed by atoms with van der Waals surface area (Å²) in [5.41, 5.74) is 0.493. The molecule has 4 aliphatic rings. The highest BCUT2D eigenvalue weighted by Gasteiger charge is 2.51. The Morgan fingerprint density at radius 1 is 1.11 bits per heavy atom. The molecule has 2 atom stereocenters. The molecule has 4 saturated heterocycles. The number of ether oxygens (including phenoxy) is 2. The lowest BCUT2D eigenvalue weighted by Crippen LogP contribution is -2.72. The molecule has 14 heteroatoms. The van der Waals surface area contributed by atoms with Crippen molar-refractivity contribution in [2.75, 3.05) is 57.4 Å². The van der Waals surface area contributed by atoms with Gasteiger partial charge in [0.2, 0.25) is 5.91 Å². The number of carbonyl (C=O) groups excluding carboxylic acids is 1. The molecule has 286 valence electrons. The SMILES string of the molecule is C#Cc1c(F)ccc2cccc(-c3ncc4c(N5CCN(C(=O)/C=C/c6cc(C)nc(C)n6)C6(COC6)C5)nc(OC[C@@]56CCCN5C[C@H](F)C6)nc4c3F)c12. The highest BCUT2D eigenvalue weighted by Crippen LogP contribution is 2.42. The number of terminal acetylenes is 1. The summed E-state index contributed by atoms with van der Waals surface area (Å²) in [6.45, 7) is 6.58. The van der Waals surface area contributed by atoms with E-state index in [-0.39, 0.29) is 35.3 Å². The first-order chi connectivity index (χ1) is 27.1. The predicted molar refractivity (Wildman–Crippen MR) is 205 cm³/mol. The van der Waals surface area contributed by atoms with Crippen LogP contribution in [0.4, 0.5) is 19.0 Å². The van der Waals surface area contributed by atoms with E-state index in [2.05, 4.69) is 30.8 Å². The summed E-state index contributed by atoms with van der Waals surface area (Å²) in [5, 5.41) is 1.32. The van der Waals surface area contributed by atoms with E-state index >= 15 is 4.39 Å². The van der Waals surface area contributed by atoms with Gasteiger partial charge in [0, 0.05) is 61.5 Å². The molecule has 9 rings (SSSR count). The molecule has 0 radical (unpaired) electrons. The number of aryl methyl sites for hydroxylation is 2. The molecular formula is C42H39F3N8O3. The first kappa shape index (κ1) is 36.0. The standard InChI is InChI=1S/C42H39F3N8O3/c1-4-30-33(44)11-9-27-7-5-8-31(35(27)30)37-36(45)38-32(19-46-37)39(50-40(49-38)56-24-41-13-6-14-52(41)20-28(43)18-41)51-15-16-53(42(21-51)22-55-23-42)34(54)12-10-29-17-25(2)47-26(3)48-29/h1,5,7-12,17,19,28H,6,13-16,18,20-24H2,2-3H3/b12-10+/t28-,41+/m1/s1. The summed E-state index contributed by atoms with van der Waals surface area (Å²) in [7, 11) is 0. The van der Waals surface area contributed by atoms with Gasteiger partial charge in [-0.15, -0.1) is 6.42 Å². The quantitative estimate of drug-likeness (QED) is 0.154. The van der Waals surface area contributed by atoms with E-state index < -0.39 is 28.9 Å². The fourth-order valence-corrected chi connectivity index (χ4v) is 9.02. The number of alkyl halides is 1. The summed E-state index contributed by atoms with van der Waals surface area (Å²) in [6.07, 6.45) is 11.6. The molecule has 5 aromatic rings.